The Hall–Kier alpha value is -5.64. The Kier molecular flexibility index (Phi) is 9.43. The van der Waals surface area contributed by atoms with Crippen molar-refractivity contribution in [2.24, 2.45) is 5.73 Å². The quantitative estimate of drug-likeness (QED) is 0.146. The number of nitrogens with one attached hydrogen (secondary N) is 4. The number of benzene rings is 4. The van der Waals surface area contributed by atoms with E-state index in [2.05, 4.69) is 20.9 Å². The molecule has 2 atom stereocenters. The van der Waals surface area contributed by atoms with Gasteiger partial charge in [-0.3, -0.25) is 14.4 Å². The zero-order chi connectivity index (χ0) is 31.8. The van der Waals surface area contributed by atoms with E-state index in [4.69, 9.17) is 10.5 Å². The van der Waals surface area contributed by atoms with Gasteiger partial charge in [-0.25, -0.2) is 4.79 Å². The fourth-order valence-corrected chi connectivity index (χ4v) is 5.38. The molecule has 230 valence electrons. The van der Waals surface area contributed by atoms with Gasteiger partial charge in [-0.2, -0.15) is 0 Å². The fraction of sp³-hybridized carbons (Fsp3) is 0.200. The molecule has 5 aromatic rings. The minimum absolute atomic E-state index is 0.00411. The molecule has 1 heterocycles. The smallest absolute Gasteiger partial charge is 0.408 e. The van der Waals surface area contributed by atoms with E-state index >= 15 is 0 Å². The lowest BCUT2D eigenvalue weighted by Crippen LogP contribution is -2.62. The van der Waals surface area contributed by atoms with Crippen LogP contribution in [-0.2, 0) is 38.6 Å². The van der Waals surface area contributed by atoms with Gasteiger partial charge in [0.25, 0.3) is 0 Å². The van der Waals surface area contributed by atoms with Gasteiger partial charge in [-0.15, -0.1) is 0 Å². The molecule has 0 fully saturated rings. The topological polar surface area (TPSA) is 155 Å². The van der Waals surface area contributed by atoms with E-state index in [0.717, 1.165) is 38.4 Å². The molecule has 0 radical (unpaired) electrons. The number of aromatic nitrogens is 1. The minimum Gasteiger partial charge on any atom is -0.445 e. The van der Waals surface area contributed by atoms with Crippen molar-refractivity contribution in [1.82, 2.24) is 20.9 Å². The Morgan fingerprint density at radius 3 is 2.31 bits per heavy atom. The molecule has 0 spiro atoms. The Balaban J connectivity index is 1.38. The molecule has 0 aliphatic rings. The largest absolute Gasteiger partial charge is 0.445 e. The normalized spacial score (nSPS) is 13.0. The molecular formula is C35H35N5O5. The molecular weight excluding hydrogens is 570 g/mol. The van der Waals surface area contributed by atoms with E-state index in [1.165, 1.54) is 0 Å². The lowest BCUT2D eigenvalue weighted by atomic mass is 9.90. The molecule has 4 amide bonds. The summed E-state index contributed by atoms with van der Waals surface area (Å²) in [5.41, 5.74) is 7.05. The summed E-state index contributed by atoms with van der Waals surface area (Å²) >= 11 is 0. The van der Waals surface area contributed by atoms with Crippen LogP contribution in [0, 0.1) is 0 Å². The maximum absolute atomic E-state index is 14.0. The third-order valence-corrected chi connectivity index (χ3v) is 7.67. The Bertz CT molecular complexity index is 1830. The highest BCUT2D eigenvalue weighted by atomic mass is 16.5. The Morgan fingerprint density at radius 1 is 0.844 bits per heavy atom. The molecule has 0 saturated carbocycles. The zero-order valence-electron chi connectivity index (χ0n) is 24.8. The second kappa shape index (κ2) is 13.8. The first-order chi connectivity index (χ1) is 21.7. The number of primary amides is 1. The molecule has 45 heavy (non-hydrogen) atoms. The lowest BCUT2D eigenvalue weighted by Gasteiger charge is -2.31. The van der Waals surface area contributed by atoms with E-state index in [1.807, 2.05) is 97.1 Å². The van der Waals surface area contributed by atoms with Gasteiger partial charge in [-0.1, -0.05) is 91.0 Å². The second-order valence-corrected chi connectivity index (χ2v) is 11.1. The number of H-pyrrole nitrogens is 1. The Labute approximate surface area is 260 Å². The number of fused-ring (bicyclic) bond motifs is 2. The summed E-state index contributed by atoms with van der Waals surface area (Å²) < 4.78 is 5.59. The van der Waals surface area contributed by atoms with Crippen LogP contribution in [0.1, 0.15) is 23.6 Å². The summed E-state index contributed by atoms with van der Waals surface area (Å²) in [6, 6.07) is 29.2. The number of carbonyl (C=O) groups is 4. The number of hydrogen-bond donors (Lipinski definition) is 5. The molecule has 0 unspecified atom stereocenters. The molecule has 0 bridgehead atoms. The number of ether oxygens (including phenoxy) is 1. The average molecular weight is 606 g/mol. The number of aromatic amines is 1. The van der Waals surface area contributed by atoms with Crippen LogP contribution < -0.4 is 21.7 Å². The maximum atomic E-state index is 14.0. The van der Waals surface area contributed by atoms with E-state index in [1.54, 1.807) is 13.1 Å². The highest BCUT2D eigenvalue weighted by Gasteiger charge is 2.37. The van der Waals surface area contributed by atoms with Crippen molar-refractivity contribution < 1.29 is 23.9 Å². The van der Waals surface area contributed by atoms with Crippen molar-refractivity contribution in [2.75, 3.05) is 6.54 Å². The first kappa shape index (κ1) is 30.8. The number of rotatable bonds is 12. The molecule has 1 aromatic heterocycles. The van der Waals surface area contributed by atoms with Crippen LogP contribution in [0.4, 0.5) is 4.79 Å². The molecule has 5 rings (SSSR count). The van der Waals surface area contributed by atoms with Gasteiger partial charge in [-0.05, 0) is 40.5 Å². The summed E-state index contributed by atoms with van der Waals surface area (Å²) in [5.74, 6) is -1.91. The van der Waals surface area contributed by atoms with E-state index < -0.39 is 41.9 Å². The molecule has 0 aliphatic heterocycles. The number of hydrogen-bond acceptors (Lipinski definition) is 5. The monoisotopic (exact) mass is 605 g/mol. The number of para-hydroxylation sites is 1. The molecule has 6 N–H and O–H groups in total. The van der Waals surface area contributed by atoms with Crippen molar-refractivity contribution in [3.05, 3.63) is 120 Å². The summed E-state index contributed by atoms with van der Waals surface area (Å²) in [6.45, 7) is 1.17. The SMILES string of the molecule is C[C@](Cc1ccccc1)(NC(=O)[C@H](Cc1c[nH]c2ccccc12)NC(=O)OCc1cccc2ccccc12)C(=O)NCC(N)=O. The summed E-state index contributed by atoms with van der Waals surface area (Å²) in [6.07, 6.45) is 1.24. The summed E-state index contributed by atoms with van der Waals surface area (Å²) in [4.78, 5) is 55.1. The van der Waals surface area contributed by atoms with Crippen molar-refractivity contribution in [1.29, 1.82) is 0 Å². The average Bonchev–Trinajstić information content (AvgIpc) is 3.45. The molecule has 0 aliphatic carbocycles. The zero-order valence-corrected chi connectivity index (χ0v) is 24.8. The van der Waals surface area contributed by atoms with Crippen LogP contribution in [0.15, 0.2) is 103 Å². The van der Waals surface area contributed by atoms with Crippen LogP contribution in [0.5, 0.6) is 0 Å². The van der Waals surface area contributed by atoms with Crippen LogP contribution in [0.2, 0.25) is 0 Å². The molecule has 10 heteroatoms. The highest BCUT2D eigenvalue weighted by molar-refractivity contribution is 5.96. The van der Waals surface area contributed by atoms with Gasteiger partial charge in [0.2, 0.25) is 17.7 Å². The van der Waals surface area contributed by atoms with Crippen LogP contribution >= 0.6 is 0 Å². The predicted molar refractivity (Wildman–Crippen MR) is 172 cm³/mol. The highest BCUT2D eigenvalue weighted by Crippen LogP contribution is 2.22. The van der Waals surface area contributed by atoms with Crippen LogP contribution in [0.25, 0.3) is 21.7 Å². The molecule has 10 nitrogen and oxygen atoms in total. The number of carbonyl (C=O) groups excluding carboxylic acids is 4. The second-order valence-electron chi connectivity index (χ2n) is 11.1. The van der Waals surface area contributed by atoms with E-state index in [9.17, 15) is 19.2 Å². The third kappa shape index (κ3) is 7.66. The first-order valence-electron chi connectivity index (χ1n) is 14.6. The maximum Gasteiger partial charge on any atom is 0.408 e. The number of nitrogens with two attached hydrogens (primary N) is 1. The van der Waals surface area contributed by atoms with Gasteiger partial charge >= 0.3 is 6.09 Å². The van der Waals surface area contributed by atoms with Crippen molar-refractivity contribution >= 4 is 45.5 Å². The van der Waals surface area contributed by atoms with E-state index in [0.29, 0.717) is 0 Å². The lowest BCUT2D eigenvalue weighted by molar-refractivity contribution is -0.134. The minimum atomic E-state index is -1.49. The fourth-order valence-electron chi connectivity index (χ4n) is 5.38. The van der Waals surface area contributed by atoms with Crippen LogP contribution in [-0.4, -0.2) is 46.9 Å². The summed E-state index contributed by atoms with van der Waals surface area (Å²) in [5, 5.41) is 10.9. The molecule has 4 aromatic carbocycles. The standard InChI is InChI=1S/C35H35N5O5/c1-35(33(43)38-21-31(36)41,19-23-10-3-2-4-11-23)40-32(42)30(18-26-20-37-29-17-8-7-16-28(26)29)39-34(44)45-22-25-14-9-13-24-12-5-6-15-27(24)25/h2-17,20,30,37H,18-19,21-22H2,1H3,(H2,36,41)(H,38,43)(H,39,44)(H,40,42)/t30-,35+/m0/s1. The third-order valence-electron chi connectivity index (χ3n) is 7.67. The van der Waals surface area contributed by atoms with Crippen LogP contribution in [0.3, 0.4) is 0 Å². The summed E-state index contributed by atoms with van der Waals surface area (Å²) in [7, 11) is 0. The van der Waals surface area contributed by atoms with Crippen molar-refractivity contribution in [3.63, 3.8) is 0 Å². The number of alkyl carbamates (subject to hydrolysis) is 1. The first-order valence-corrected chi connectivity index (χ1v) is 14.6. The van der Waals surface area contributed by atoms with Gasteiger partial charge in [0.05, 0.1) is 6.54 Å². The van der Waals surface area contributed by atoms with Crippen molar-refractivity contribution in [3.8, 4) is 0 Å². The van der Waals surface area contributed by atoms with E-state index in [-0.39, 0.29) is 19.4 Å². The predicted octanol–water partition coefficient (Wildman–Crippen LogP) is 3.88. The Morgan fingerprint density at radius 2 is 1.53 bits per heavy atom. The van der Waals surface area contributed by atoms with Gasteiger partial charge in [0.1, 0.15) is 18.2 Å². The number of amides is 4. The van der Waals surface area contributed by atoms with Gasteiger partial charge in [0.15, 0.2) is 0 Å². The van der Waals surface area contributed by atoms with Gasteiger partial charge < -0.3 is 31.4 Å². The molecule has 0 saturated heterocycles. The van der Waals surface area contributed by atoms with Gasteiger partial charge in [0, 0.05) is 29.9 Å². The van der Waals surface area contributed by atoms with Crippen molar-refractivity contribution in [2.45, 2.75) is 38.0 Å².